The first-order valence-electron chi connectivity index (χ1n) is 9.15. The molecule has 1 amide bonds. The summed E-state index contributed by atoms with van der Waals surface area (Å²) in [5.74, 6) is -0.131. The topological polar surface area (TPSA) is 63.1 Å². The Morgan fingerprint density at radius 1 is 1.28 bits per heavy atom. The molecule has 1 N–H and O–H groups in total. The number of carbonyl (C=O) groups is 1. The zero-order valence-electron chi connectivity index (χ0n) is 15.4. The van der Waals surface area contributed by atoms with Crippen molar-refractivity contribution in [2.45, 2.75) is 19.3 Å². The summed E-state index contributed by atoms with van der Waals surface area (Å²) in [4.78, 5) is 18.1. The molecular formula is C19H19F4N5O. The first kappa shape index (κ1) is 19.6. The van der Waals surface area contributed by atoms with Gasteiger partial charge in [0, 0.05) is 49.4 Å². The summed E-state index contributed by atoms with van der Waals surface area (Å²) in [6.07, 6.45) is 0.433. The van der Waals surface area contributed by atoms with E-state index in [0.717, 1.165) is 31.6 Å². The summed E-state index contributed by atoms with van der Waals surface area (Å²) in [7, 11) is 0. The SMILES string of the molecule is O=C(/C=C\n1cnc(-c2cc(CF)cc(C(F)(F)F)c2)n1)N1CCC2(CNC2)C1. The molecule has 1 aromatic heterocycles. The third-order valence-corrected chi connectivity index (χ3v) is 5.36. The highest BCUT2D eigenvalue weighted by Gasteiger charge is 2.43. The van der Waals surface area contributed by atoms with Gasteiger partial charge in [0.05, 0.1) is 5.56 Å². The van der Waals surface area contributed by atoms with E-state index < -0.39 is 18.4 Å². The van der Waals surface area contributed by atoms with Crippen molar-refractivity contribution < 1.29 is 22.4 Å². The number of rotatable bonds is 4. The Bertz CT molecular complexity index is 948. The highest BCUT2D eigenvalue weighted by molar-refractivity contribution is 5.90. The lowest BCUT2D eigenvalue weighted by Gasteiger charge is -2.38. The number of benzene rings is 1. The fourth-order valence-electron chi connectivity index (χ4n) is 3.68. The van der Waals surface area contributed by atoms with E-state index >= 15 is 0 Å². The van der Waals surface area contributed by atoms with Crippen LogP contribution in [0.15, 0.2) is 30.6 Å². The highest BCUT2D eigenvalue weighted by atomic mass is 19.4. The smallest absolute Gasteiger partial charge is 0.338 e. The van der Waals surface area contributed by atoms with Crippen LogP contribution in [-0.4, -0.2) is 51.8 Å². The van der Waals surface area contributed by atoms with Crippen LogP contribution in [0.1, 0.15) is 17.5 Å². The summed E-state index contributed by atoms with van der Waals surface area (Å²) >= 11 is 0. The molecule has 0 radical (unpaired) electrons. The molecule has 2 saturated heterocycles. The zero-order valence-corrected chi connectivity index (χ0v) is 15.4. The van der Waals surface area contributed by atoms with Crippen LogP contribution < -0.4 is 5.32 Å². The fourth-order valence-corrected chi connectivity index (χ4v) is 3.68. The van der Waals surface area contributed by atoms with Crippen molar-refractivity contribution in [1.29, 1.82) is 0 Å². The molecule has 29 heavy (non-hydrogen) atoms. The average Bonchev–Trinajstić information content (AvgIpc) is 3.32. The fraction of sp³-hybridized carbons (Fsp3) is 0.421. The predicted octanol–water partition coefficient (Wildman–Crippen LogP) is 2.73. The van der Waals surface area contributed by atoms with Crippen LogP contribution in [0.4, 0.5) is 17.6 Å². The summed E-state index contributed by atoms with van der Waals surface area (Å²) in [5.41, 5.74) is -0.810. The van der Waals surface area contributed by atoms with Gasteiger partial charge in [-0.15, -0.1) is 5.10 Å². The van der Waals surface area contributed by atoms with Gasteiger partial charge < -0.3 is 10.2 Å². The van der Waals surface area contributed by atoms with Crippen LogP contribution in [0.25, 0.3) is 17.6 Å². The maximum absolute atomic E-state index is 13.0. The van der Waals surface area contributed by atoms with Crippen LogP contribution in [0, 0.1) is 5.41 Å². The molecule has 10 heteroatoms. The predicted molar refractivity (Wildman–Crippen MR) is 97.1 cm³/mol. The number of nitrogens with zero attached hydrogens (tertiary/aromatic N) is 4. The third kappa shape index (κ3) is 4.02. The molecule has 2 fully saturated rings. The highest BCUT2D eigenvalue weighted by Crippen LogP contribution is 2.34. The van der Waals surface area contributed by atoms with Gasteiger partial charge in [-0.25, -0.2) is 14.1 Å². The molecule has 2 aromatic rings. The van der Waals surface area contributed by atoms with Crippen molar-refractivity contribution in [2.75, 3.05) is 26.2 Å². The van der Waals surface area contributed by atoms with Crippen LogP contribution >= 0.6 is 0 Å². The van der Waals surface area contributed by atoms with Gasteiger partial charge in [0.15, 0.2) is 5.82 Å². The van der Waals surface area contributed by atoms with Crippen LogP contribution in [0.5, 0.6) is 0 Å². The molecule has 0 unspecified atom stereocenters. The van der Waals surface area contributed by atoms with Crippen molar-refractivity contribution in [1.82, 2.24) is 25.0 Å². The molecule has 6 nitrogen and oxygen atoms in total. The van der Waals surface area contributed by atoms with Crippen LogP contribution in [-0.2, 0) is 17.6 Å². The zero-order chi connectivity index (χ0) is 20.6. The van der Waals surface area contributed by atoms with E-state index in [-0.39, 0.29) is 28.3 Å². The lowest BCUT2D eigenvalue weighted by atomic mass is 9.81. The first-order chi connectivity index (χ1) is 13.8. The Kier molecular flexibility index (Phi) is 4.89. The van der Waals surface area contributed by atoms with E-state index in [9.17, 15) is 22.4 Å². The average molecular weight is 409 g/mol. The van der Waals surface area contributed by atoms with E-state index in [1.807, 2.05) is 0 Å². The summed E-state index contributed by atoms with van der Waals surface area (Å²) in [5, 5.41) is 7.31. The Balaban J connectivity index is 1.48. The van der Waals surface area contributed by atoms with Gasteiger partial charge in [0.1, 0.15) is 13.0 Å². The molecule has 0 atom stereocenters. The van der Waals surface area contributed by atoms with Crippen molar-refractivity contribution in [3.05, 3.63) is 41.7 Å². The number of alkyl halides is 4. The van der Waals surface area contributed by atoms with Gasteiger partial charge in [-0.2, -0.15) is 13.2 Å². The van der Waals surface area contributed by atoms with E-state index in [1.54, 1.807) is 4.90 Å². The lowest BCUT2D eigenvalue weighted by molar-refractivity contribution is -0.137. The van der Waals surface area contributed by atoms with Crippen LogP contribution in [0.3, 0.4) is 0 Å². The van der Waals surface area contributed by atoms with Gasteiger partial charge in [0.2, 0.25) is 5.91 Å². The first-order valence-corrected chi connectivity index (χ1v) is 9.15. The summed E-state index contributed by atoms with van der Waals surface area (Å²) in [6, 6.07) is 2.92. The Morgan fingerprint density at radius 3 is 2.69 bits per heavy atom. The number of nitrogens with one attached hydrogen (secondary N) is 1. The van der Waals surface area contributed by atoms with Crippen LogP contribution in [0.2, 0.25) is 0 Å². The van der Waals surface area contributed by atoms with E-state index in [1.165, 1.54) is 29.4 Å². The molecule has 3 heterocycles. The quantitative estimate of drug-likeness (QED) is 0.623. The molecule has 0 aliphatic carbocycles. The second-order valence-electron chi connectivity index (χ2n) is 7.53. The molecule has 2 aliphatic heterocycles. The van der Waals surface area contributed by atoms with Crippen molar-refractivity contribution in [3.63, 3.8) is 0 Å². The maximum Gasteiger partial charge on any atom is 0.416 e. The third-order valence-electron chi connectivity index (χ3n) is 5.36. The van der Waals surface area contributed by atoms with Crippen molar-refractivity contribution >= 4 is 12.1 Å². The summed E-state index contributed by atoms with van der Waals surface area (Å²) in [6.45, 7) is 2.22. The van der Waals surface area contributed by atoms with E-state index in [4.69, 9.17) is 0 Å². The van der Waals surface area contributed by atoms with Gasteiger partial charge in [-0.05, 0) is 30.2 Å². The van der Waals surface area contributed by atoms with E-state index in [2.05, 4.69) is 15.4 Å². The standard InChI is InChI=1S/C19H19F4N5O/c20-8-13-5-14(7-15(6-13)19(21,22)23)17-25-12-28(26-17)3-1-16(29)27-4-2-18(11-27)9-24-10-18/h1,3,5-7,12,24H,2,4,8-11H2/b3-1-. The Labute approximate surface area is 164 Å². The second kappa shape index (κ2) is 7.25. The number of hydrogen-bond donors (Lipinski definition) is 1. The minimum atomic E-state index is -4.60. The minimum absolute atomic E-state index is 0.0172. The van der Waals surface area contributed by atoms with Gasteiger partial charge in [-0.3, -0.25) is 4.79 Å². The Morgan fingerprint density at radius 2 is 2.07 bits per heavy atom. The molecule has 0 saturated carbocycles. The molecule has 1 aromatic carbocycles. The number of amides is 1. The van der Waals surface area contributed by atoms with Crippen molar-refractivity contribution in [2.24, 2.45) is 5.41 Å². The van der Waals surface area contributed by atoms with Crippen molar-refractivity contribution in [3.8, 4) is 11.4 Å². The minimum Gasteiger partial charge on any atom is -0.338 e. The monoisotopic (exact) mass is 409 g/mol. The van der Waals surface area contributed by atoms with Gasteiger partial charge >= 0.3 is 6.18 Å². The molecule has 0 bridgehead atoms. The molecule has 1 spiro atoms. The molecular weight excluding hydrogens is 390 g/mol. The maximum atomic E-state index is 13.0. The normalized spacial score (nSPS) is 18.6. The largest absolute Gasteiger partial charge is 0.416 e. The molecule has 2 aliphatic rings. The van der Waals surface area contributed by atoms with E-state index in [0.29, 0.717) is 13.1 Å². The molecule has 4 rings (SSSR count). The van der Waals surface area contributed by atoms with Gasteiger partial charge in [0.25, 0.3) is 0 Å². The number of hydrogen-bond acceptors (Lipinski definition) is 4. The number of likely N-dealkylation sites (tertiary alicyclic amines) is 1. The number of aromatic nitrogens is 3. The number of carbonyl (C=O) groups excluding carboxylic acids is 1. The lowest BCUT2D eigenvalue weighted by Crippen LogP contribution is -2.54. The Hall–Kier alpha value is -2.75. The summed E-state index contributed by atoms with van der Waals surface area (Å²) < 4.78 is 53.3. The number of halogens is 4. The molecule has 154 valence electrons. The van der Waals surface area contributed by atoms with Gasteiger partial charge in [-0.1, -0.05) is 0 Å². The second-order valence-corrected chi connectivity index (χ2v) is 7.53.